The zero-order valence-electron chi connectivity index (χ0n) is 14.4. The van der Waals surface area contributed by atoms with Crippen molar-refractivity contribution in [2.75, 3.05) is 57.3 Å². The van der Waals surface area contributed by atoms with Crippen LogP contribution in [0.4, 0.5) is 0 Å². The van der Waals surface area contributed by atoms with Gasteiger partial charge in [-0.05, 0) is 19.8 Å². The summed E-state index contributed by atoms with van der Waals surface area (Å²) in [5.74, 6) is 1.60. The van der Waals surface area contributed by atoms with Crippen molar-refractivity contribution >= 4 is 21.7 Å². The second kappa shape index (κ2) is 9.22. The lowest BCUT2D eigenvalue weighted by molar-refractivity contribution is -0.122. The highest BCUT2D eigenvalue weighted by Crippen LogP contribution is 2.28. The van der Waals surface area contributed by atoms with E-state index in [1.54, 1.807) is 0 Å². The molecule has 0 aromatic rings. The number of amides is 1. The third-order valence-electron chi connectivity index (χ3n) is 4.13. The Hall–Kier alpha value is -1.35. The molecule has 2 rings (SSSR count). The van der Waals surface area contributed by atoms with E-state index in [4.69, 9.17) is 0 Å². The van der Waals surface area contributed by atoms with Gasteiger partial charge in [0.25, 0.3) is 0 Å². The van der Waals surface area contributed by atoms with Crippen LogP contribution in [0.1, 0.15) is 19.8 Å². The molecule has 1 amide bonds. The maximum absolute atomic E-state index is 11.5. The third kappa shape index (κ3) is 7.04. The van der Waals surface area contributed by atoms with Gasteiger partial charge in [0.05, 0.1) is 18.1 Å². The second-order valence-electron chi connectivity index (χ2n) is 6.25. The van der Waals surface area contributed by atoms with E-state index in [-0.39, 0.29) is 23.3 Å². The number of sulfone groups is 1. The van der Waals surface area contributed by atoms with Gasteiger partial charge in [0.15, 0.2) is 15.8 Å². The SMILES string of the molecule is CCNC(=NCCN1CCS(=O)(=O)CC1)NCCNC(=O)C1CC1. The first-order valence-corrected chi connectivity index (χ1v) is 10.5. The molecule has 0 atom stereocenters. The molecule has 0 aromatic carbocycles. The number of hydrogen-bond acceptors (Lipinski definition) is 5. The Morgan fingerprint density at radius 1 is 1.12 bits per heavy atom. The first-order valence-electron chi connectivity index (χ1n) is 8.73. The standard InChI is InChI=1S/C15H29N5O3S/c1-2-16-15(18-6-5-17-14(21)13-3-4-13)19-7-8-20-9-11-24(22,23)12-10-20/h13H,2-12H2,1H3,(H,17,21)(H2,16,18,19). The molecule has 0 radical (unpaired) electrons. The van der Waals surface area contributed by atoms with E-state index >= 15 is 0 Å². The van der Waals surface area contributed by atoms with Crippen LogP contribution in [-0.2, 0) is 14.6 Å². The van der Waals surface area contributed by atoms with Gasteiger partial charge in [-0.3, -0.25) is 14.7 Å². The van der Waals surface area contributed by atoms with Gasteiger partial charge in [-0.25, -0.2) is 8.42 Å². The molecule has 8 nitrogen and oxygen atoms in total. The molecule has 0 bridgehead atoms. The zero-order chi connectivity index (χ0) is 17.4. The zero-order valence-corrected chi connectivity index (χ0v) is 15.2. The minimum atomic E-state index is -2.83. The Bertz CT molecular complexity index is 531. The van der Waals surface area contributed by atoms with E-state index in [2.05, 4.69) is 25.8 Å². The summed E-state index contributed by atoms with van der Waals surface area (Å²) in [5.41, 5.74) is 0. The summed E-state index contributed by atoms with van der Waals surface area (Å²) >= 11 is 0. The van der Waals surface area contributed by atoms with Crippen molar-refractivity contribution in [3.63, 3.8) is 0 Å². The van der Waals surface area contributed by atoms with Crippen molar-refractivity contribution < 1.29 is 13.2 Å². The van der Waals surface area contributed by atoms with Crippen molar-refractivity contribution in [2.45, 2.75) is 19.8 Å². The Morgan fingerprint density at radius 3 is 2.42 bits per heavy atom. The second-order valence-corrected chi connectivity index (χ2v) is 8.55. The van der Waals surface area contributed by atoms with Crippen molar-refractivity contribution in [2.24, 2.45) is 10.9 Å². The molecule has 9 heteroatoms. The summed E-state index contributed by atoms with van der Waals surface area (Å²) in [6.45, 7) is 6.54. The highest BCUT2D eigenvalue weighted by atomic mass is 32.2. The number of nitrogens with one attached hydrogen (secondary N) is 3. The highest BCUT2D eigenvalue weighted by Gasteiger charge is 2.28. The van der Waals surface area contributed by atoms with Crippen LogP contribution < -0.4 is 16.0 Å². The number of aliphatic imine (C=N–C) groups is 1. The summed E-state index contributed by atoms with van der Waals surface area (Å²) < 4.78 is 22.8. The number of guanidine groups is 1. The minimum Gasteiger partial charge on any atom is -0.357 e. The van der Waals surface area contributed by atoms with Crippen LogP contribution in [-0.4, -0.2) is 82.5 Å². The van der Waals surface area contributed by atoms with Crippen LogP contribution in [0.25, 0.3) is 0 Å². The predicted molar refractivity (Wildman–Crippen MR) is 94.8 cm³/mol. The van der Waals surface area contributed by atoms with E-state index in [1.165, 1.54) is 0 Å². The van der Waals surface area contributed by atoms with Crippen molar-refractivity contribution in [3.8, 4) is 0 Å². The largest absolute Gasteiger partial charge is 0.357 e. The van der Waals surface area contributed by atoms with Gasteiger partial charge in [-0.2, -0.15) is 0 Å². The Morgan fingerprint density at radius 2 is 1.79 bits per heavy atom. The molecule has 0 spiro atoms. The van der Waals surface area contributed by atoms with E-state index in [0.29, 0.717) is 32.7 Å². The lowest BCUT2D eigenvalue weighted by Crippen LogP contribution is -2.43. The molecule has 24 heavy (non-hydrogen) atoms. The normalized spacial score (nSPS) is 21.3. The van der Waals surface area contributed by atoms with Gasteiger partial charge in [-0.15, -0.1) is 0 Å². The molecule has 1 aliphatic heterocycles. The molecule has 3 N–H and O–H groups in total. The van der Waals surface area contributed by atoms with Crippen molar-refractivity contribution in [1.29, 1.82) is 0 Å². The van der Waals surface area contributed by atoms with Crippen molar-refractivity contribution in [1.82, 2.24) is 20.9 Å². The molecule has 1 heterocycles. The third-order valence-corrected chi connectivity index (χ3v) is 5.74. The minimum absolute atomic E-state index is 0.152. The molecule has 0 unspecified atom stereocenters. The van der Waals surface area contributed by atoms with Gasteiger partial charge in [0.1, 0.15) is 0 Å². The fourth-order valence-electron chi connectivity index (χ4n) is 2.48. The van der Waals surface area contributed by atoms with E-state index < -0.39 is 9.84 Å². The van der Waals surface area contributed by atoms with Crippen molar-refractivity contribution in [3.05, 3.63) is 0 Å². The Labute approximate surface area is 144 Å². The highest BCUT2D eigenvalue weighted by molar-refractivity contribution is 7.91. The topological polar surface area (TPSA) is 103 Å². The van der Waals surface area contributed by atoms with Gasteiger partial charge >= 0.3 is 0 Å². The molecule has 2 aliphatic rings. The summed E-state index contributed by atoms with van der Waals surface area (Å²) in [4.78, 5) is 18.2. The summed E-state index contributed by atoms with van der Waals surface area (Å²) in [6, 6.07) is 0. The number of nitrogens with zero attached hydrogens (tertiary/aromatic N) is 2. The lowest BCUT2D eigenvalue weighted by atomic mass is 10.4. The summed E-state index contributed by atoms with van der Waals surface area (Å²) in [5, 5.41) is 9.27. The van der Waals surface area contributed by atoms with Gasteiger partial charge in [0.2, 0.25) is 5.91 Å². The Balaban J connectivity index is 1.63. The van der Waals surface area contributed by atoms with Crippen LogP contribution in [0.3, 0.4) is 0 Å². The number of carbonyl (C=O) groups excluding carboxylic acids is 1. The fraction of sp³-hybridized carbons (Fsp3) is 0.867. The first-order chi connectivity index (χ1) is 11.5. The van der Waals surface area contributed by atoms with Gasteiger partial charge in [0, 0.05) is 45.2 Å². The van der Waals surface area contributed by atoms with Crippen LogP contribution in [0.15, 0.2) is 4.99 Å². The van der Waals surface area contributed by atoms with Crippen LogP contribution in [0.5, 0.6) is 0 Å². The molecule has 1 aliphatic carbocycles. The maximum Gasteiger partial charge on any atom is 0.223 e. The monoisotopic (exact) mass is 359 g/mol. The number of rotatable bonds is 8. The maximum atomic E-state index is 11.5. The smallest absolute Gasteiger partial charge is 0.223 e. The quantitative estimate of drug-likeness (QED) is 0.286. The van der Waals surface area contributed by atoms with E-state index in [0.717, 1.165) is 31.9 Å². The number of hydrogen-bond donors (Lipinski definition) is 3. The van der Waals surface area contributed by atoms with Gasteiger partial charge in [-0.1, -0.05) is 0 Å². The molecular weight excluding hydrogens is 330 g/mol. The molecule has 2 fully saturated rings. The number of carbonyl (C=O) groups is 1. The Kier molecular flexibility index (Phi) is 7.29. The van der Waals surface area contributed by atoms with Crippen LogP contribution in [0, 0.1) is 5.92 Å². The average Bonchev–Trinajstić information content (AvgIpc) is 3.37. The fourth-order valence-corrected chi connectivity index (χ4v) is 3.75. The van der Waals surface area contributed by atoms with E-state index in [1.807, 2.05) is 6.92 Å². The first kappa shape index (κ1) is 19.0. The van der Waals surface area contributed by atoms with E-state index in [9.17, 15) is 13.2 Å². The molecule has 1 saturated carbocycles. The predicted octanol–water partition coefficient (Wildman–Crippen LogP) is -1.20. The summed E-state index contributed by atoms with van der Waals surface area (Å²) in [6.07, 6.45) is 2.03. The molecule has 138 valence electrons. The molecular formula is C15H29N5O3S. The molecule has 0 aromatic heterocycles. The van der Waals surface area contributed by atoms with Crippen LogP contribution >= 0.6 is 0 Å². The van der Waals surface area contributed by atoms with Gasteiger partial charge < -0.3 is 16.0 Å². The lowest BCUT2D eigenvalue weighted by Gasteiger charge is -2.25. The molecule has 1 saturated heterocycles. The summed E-state index contributed by atoms with van der Waals surface area (Å²) in [7, 11) is -2.83. The van der Waals surface area contributed by atoms with Crippen LogP contribution in [0.2, 0.25) is 0 Å². The average molecular weight is 359 g/mol.